The van der Waals surface area contributed by atoms with Gasteiger partial charge in [0.1, 0.15) is 0 Å². The molecule has 2 N–H and O–H groups in total. The Labute approximate surface area is 230 Å². The average Bonchev–Trinajstić information content (AvgIpc) is 3.80. The minimum atomic E-state index is 0.145. The van der Waals surface area contributed by atoms with Crippen LogP contribution in [-0.4, -0.2) is 80.7 Å². The predicted molar refractivity (Wildman–Crippen MR) is 151 cm³/mol. The number of urea groups is 1. The van der Waals surface area contributed by atoms with Crippen molar-refractivity contribution in [3.8, 4) is 0 Å². The molecule has 0 unspecified atom stereocenters. The summed E-state index contributed by atoms with van der Waals surface area (Å²) < 4.78 is 4.42. The van der Waals surface area contributed by atoms with Gasteiger partial charge < -0.3 is 19.8 Å². The average molecular weight is 537 g/mol. The van der Waals surface area contributed by atoms with Crippen LogP contribution in [0.5, 0.6) is 0 Å². The number of nitrogens with one attached hydrogen (secondary N) is 2. The number of carbonyl (C=O) groups excluding carboxylic acids is 1. The minimum Gasteiger partial charge on any atom is -0.345 e. The van der Waals surface area contributed by atoms with E-state index in [0.29, 0.717) is 24.9 Å². The van der Waals surface area contributed by atoms with Crippen molar-refractivity contribution >= 4 is 39.7 Å². The Hall–Kier alpha value is -4.41. The maximum Gasteiger partial charge on any atom is 0.320 e. The monoisotopic (exact) mass is 536 g/mol. The summed E-state index contributed by atoms with van der Waals surface area (Å²) in [5.41, 5.74) is 7.74. The van der Waals surface area contributed by atoms with E-state index in [0.717, 1.165) is 70.9 Å². The van der Waals surface area contributed by atoms with Crippen LogP contribution in [0.2, 0.25) is 0 Å². The highest BCUT2D eigenvalue weighted by atomic mass is 16.2. The van der Waals surface area contributed by atoms with Gasteiger partial charge in [0.15, 0.2) is 22.6 Å². The fraction of sp³-hybridized carbons (Fsp3) is 0.414. The van der Waals surface area contributed by atoms with E-state index in [1.54, 1.807) is 0 Å². The fourth-order valence-electron chi connectivity index (χ4n) is 7.26. The number of nitrogens with zero attached hydrogens (tertiary/aromatic N) is 8. The third kappa shape index (κ3) is 3.32. The number of imidazole rings is 2. The molecule has 0 aromatic carbocycles. The smallest absolute Gasteiger partial charge is 0.320 e. The molecule has 0 saturated carbocycles. The highest BCUT2D eigenvalue weighted by molar-refractivity contribution is 5.77. The van der Waals surface area contributed by atoms with E-state index < -0.39 is 0 Å². The molecule has 0 bridgehead atoms. The molecule has 4 atom stereocenters. The van der Waals surface area contributed by atoms with Gasteiger partial charge in [-0.25, -0.2) is 24.7 Å². The van der Waals surface area contributed by atoms with Crippen molar-refractivity contribution in [2.45, 2.75) is 38.5 Å². The lowest BCUT2D eigenvalue weighted by Gasteiger charge is -2.24. The summed E-state index contributed by atoms with van der Waals surface area (Å²) >= 11 is 0. The van der Waals surface area contributed by atoms with Crippen molar-refractivity contribution in [2.24, 2.45) is 11.8 Å². The van der Waals surface area contributed by atoms with Crippen molar-refractivity contribution in [2.75, 3.05) is 26.2 Å². The molecule has 6 aromatic heterocycles. The first-order chi connectivity index (χ1) is 19.6. The van der Waals surface area contributed by atoms with Crippen molar-refractivity contribution in [3.63, 3.8) is 0 Å². The summed E-state index contributed by atoms with van der Waals surface area (Å²) in [6.07, 6.45) is 13.4. The van der Waals surface area contributed by atoms with E-state index in [1.807, 2.05) is 49.3 Å². The molecule has 2 aliphatic rings. The Bertz CT molecular complexity index is 1740. The maximum absolute atomic E-state index is 14.0. The van der Waals surface area contributed by atoms with E-state index in [-0.39, 0.29) is 17.9 Å². The van der Waals surface area contributed by atoms with Crippen molar-refractivity contribution in [1.82, 2.24) is 48.5 Å². The van der Waals surface area contributed by atoms with E-state index in [4.69, 9.17) is 0 Å². The lowest BCUT2D eigenvalue weighted by atomic mass is 9.91. The number of hydrogen-bond acceptors (Lipinski definition) is 5. The van der Waals surface area contributed by atoms with Gasteiger partial charge >= 0.3 is 6.03 Å². The molecular weight excluding hydrogens is 504 g/mol. The molecule has 11 nitrogen and oxygen atoms in total. The quantitative estimate of drug-likeness (QED) is 0.346. The first kappa shape index (κ1) is 23.5. The van der Waals surface area contributed by atoms with Crippen LogP contribution in [0.15, 0.2) is 49.3 Å². The number of aromatic amines is 2. The molecule has 0 radical (unpaired) electrons. The van der Waals surface area contributed by atoms with Gasteiger partial charge in [0.2, 0.25) is 0 Å². The van der Waals surface area contributed by atoms with Gasteiger partial charge in [-0.15, -0.1) is 0 Å². The highest BCUT2D eigenvalue weighted by Gasteiger charge is 2.42. The molecule has 6 aromatic rings. The van der Waals surface area contributed by atoms with Crippen molar-refractivity contribution in [3.05, 3.63) is 60.7 Å². The largest absolute Gasteiger partial charge is 0.345 e. The lowest BCUT2D eigenvalue weighted by Crippen LogP contribution is -2.41. The zero-order chi connectivity index (χ0) is 27.0. The molecule has 2 amide bonds. The maximum atomic E-state index is 14.0. The minimum absolute atomic E-state index is 0.145. The van der Waals surface area contributed by atoms with E-state index in [2.05, 4.69) is 62.4 Å². The molecule has 11 heteroatoms. The lowest BCUT2D eigenvalue weighted by molar-refractivity contribution is 0.169. The van der Waals surface area contributed by atoms with Crippen LogP contribution in [0.3, 0.4) is 0 Å². The van der Waals surface area contributed by atoms with Crippen molar-refractivity contribution in [1.29, 1.82) is 0 Å². The Kier molecular flexibility index (Phi) is 5.17. The standard InChI is InChI=1S/C29H32N10O/c1-3-17-13-36(15-19(17)23-9-32-25-11-34-27-21(38(23)25)5-7-30-27)29(40)37-14-18(4-2)20(16-37)24-10-33-26-12-35-28-22(39(24)26)6-8-31-28/h5-12,17-20,30-31H,3-4,13-16H2,1-2H3/t17-,18-,19+,20+/m1/s1. The summed E-state index contributed by atoms with van der Waals surface area (Å²) in [7, 11) is 0. The summed E-state index contributed by atoms with van der Waals surface area (Å²) in [6, 6.07) is 4.24. The molecule has 8 rings (SSSR count). The Morgan fingerprint density at radius 3 is 1.65 bits per heavy atom. The number of aromatic nitrogens is 8. The molecular formula is C29H32N10O. The number of amides is 2. The second kappa shape index (κ2) is 8.80. The number of likely N-dealkylation sites (tertiary alicyclic amines) is 2. The number of hydrogen-bond donors (Lipinski definition) is 2. The van der Waals surface area contributed by atoms with Gasteiger partial charge in [-0.2, -0.15) is 0 Å². The molecule has 2 aliphatic heterocycles. The van der Waals surface area contributed by atoms with Crippen LogP contribution in [-0.2, 0) is 0 Å². The van der Waals surface area contributed by atoms with Crippen LogP contribution < -0.4 is 0 Å². The second-order valence-electron chi connectivity index (χ2n) is 11.3. The van der Waals surface area contributed by atoms with Gasteiger partial charge in [0.05, 0.1) is 23.4 Å². The van der Waals surface area contributed by atoms with Crippen LogP contribution in [0, 0.1) is 11.8 Å². The van der Waals surface area contributed by atoms with E-state index >= 15 is 0 Å². The number of rotatable bonds is 4. The molecule has 204 valence electrons. The van der Waals surface area contributed by atoms with E-state index in [1.165, 1.54) is 0 Å². The summed E-state index contributed by atoms with van der Waals surface area (Å²) in [6.45, 7) is 7.37. The molecule has 40 heavy (non-hydrogen) atoms. The number of carbonyl (C=O) groups is 1. The first-order valence-electron chi connectivity index (χ1n) is 14.3. The van der Waals surface area contributed by atoms with Gasteiger partial charge in [-0.3, -0.25) is 8.80 Å². The fourth-order valence-corrected chi connectivity index (χ4v) is 7.26. The van der Waals surface area contributed by atoms with E-state index in [9.17, 15) is 4.79 Å². The second-order valence-corrected chi connectivity index (χ2v) is 11.3. The predicted octanol–water partition coefficient (Wildman–Crippen LogP) is 4.41. The molecule has 2 fully saturated rings. The number of H-pyrrole nitrogens is 2. The Balaban J connectivity index is 1.09. The van der Waals surface area contributed by atoms with Crippen LogP contribution in [0.1, 0.15) is 49.9 Å². The van der Waals surface area contributed by atoms with Gasteiger partial charge in [0.25, 0.3) is 0 Å². The highest BCUT2D eigenvalue weighted by Crippen LogP contribution is 2.39. The Morgan fingerprint density at radius 1 is 0.725 bits per heavy atom. The zero-order valence-corrected chi connectivity index (χ0v) is 22.7. The first-order valence-corrected chi connectivity index (χ1v) is 14.3. The van der Waals surface area contributed by atoms with Gasteiger partial charge in [-0.1, -0.05) is 26.7 Å². The van der Waals surface area contributed by atoms with Crippen LogP contribution in [0.25, 0.3) is 33.6 Å². The third-order valence-corrected chi connectivity index (χ3v) is 9.37. The SMILES string of the molecule is CC[C@@H]1CN(C(=O)N2C[C@@H](CC)[C@@H](c3cnc4cnc5[nH]ccc5n34)C2)C[C@@H]1c1cnc2cnc3[nH]ccc3n12. The topological polar surface area (TPSA) is 116 Å². The van der Waals surface area contributed by atoms with Crippen LogP contribution >= 0.6 is 0 Å². The zero-order valence-electron chi connectivity index (χ0n) is 22.7. The summed E-state index contributed by atoms with van der Waals surface area (Å²) in [4.78, 5) is 43.0. The normalized spacial score (nSPS) is 23.6. The number of fused-ring (bicyclic) bond motifs is 6. The summed E-state index contributed by atoms with van der Waals surface area (Å²) in [5, 5.41) is 0. The third-order valence-electron chi connectivity index (χ3n) is 9.37. The molecule has 0 aliphatic carbocycles. The summed E-state index contributed by atoms with van der Waals surface area (Å²) in [5.74, 6) is 1.19. The molecule has 0 spiro atoms. The molecule has 2 saturated heterocycles. The van der Waals surface area contributed by atoms with Crippen molar-refractivity contribution < 1.29 is 4.79 Å². The molecule has 8 heterocycles. The van der Waals surface area contributed by atoms with Gasteiger partial charge in [-0.05, 0) is 24.0 Å². The Morgan fingerprint density at radius 2 is 1.20 bits per heavy atom. The van der Waals surface area contributed by atoms with Crippen LogP contribution in [0.4, 0.5) is 4.79 Å². The van der Waals surface area contributed by atoms with Gasteiger partial charge in [0, 0.05) is 74.2 Å².